The Morgan fingerprint density at radius 1 is 0.383 bits per heavy atom. The molecule has 5 heteroatoms. The second-order valence-electron chi connectivity index (χ2n) is 15.7. The van der Waals surface area contributed by atoms with Crippen LogP contribution >= 0.6 is 22.7 Å². The molecular formula is C55H32N3S2-. The summed E-state index contributed by atoms with van der Waals surface area (Å²) in [7, 11) is 0. The van der Waals surface area contributed by atoms with E-state index in [9.17, 15) is 0 Å². The first-order valence-electron chi connectivity index (χ1n) is 20.3. The van der Waals surface area contributed by atoms with Crippen LogP contribution in [-0.2, 0) is 0 Å². The SMILES string of the molecule is c1ccc(C2N=C(c3cccc4sc5ccccc5c34)N=C(c3cc(-c4cc5cc6ccccc6cc5c5ccccc45)cc4sc5cc6ccccc6cc5c34)[N-]2)cc1. The van der Waals surface area contributed by atoms with Crippen LogP contribution in [0.5, 0.6) is 0 Å². The molecule has 1 atom stereocenters. The second kappa shape index (κ2) is 13.2. The molecule has 13 rings (SSSR count). The molecule has 2 aromatic heterocycles. The quantitative estimate of drug-likeness (QED) is 0.126. The van der Waals surface area contributed by atoms with E-state index in [0.717, 1.165) is 22.3 Å². The van der Waals surface area contributed by atoms with E-state index in [2.05, 4.69) is 188 Å². The molecule has 1 aliphatic rings. The summed E-state index contributed by atoms with van der Waals surface area (Å²) < 4.78 is 4.94. The maximum Gasteiger partial charge on any atom is 0.0822 e. The monoisotopic (exact) mass is 798 g/mol. The summed E-state index contributed by atoms with van der Waals surface area (Å²) in [5, 5.41) is 20.2. The molecular weight excluding hydrogens is 767 g/mol. The number of thiophene rings is 2. The molecule has 0 spiro atoms. The number of hydrogen-bond donors (Lipinski definition) is 0. The number of aliphatic imine (C=N–C) groups is 2. The molecule has 0 saturated carbocycles. The van der Waals surface area contributed by atoms with Crippen molar-refractivity contribution >= 4 is 118 Å². The number of hydrogen-bond acceptors (Lipinski definition) is 4. The van der Waals surface area contributed by atoms with Crippen molar-refractivity contribution in [3.63, 3.8) is 0 Å². The third-order valence-corrected chi connectivity index (χ3v) is 14.4. The van der Waals surface area contributed by atoms with Gasteiger partial charge in [0.2, 0.25) is 0 Å². The summed E-state index contributed by atoms with van der Waals surface area (Å²) in [6.07, 6.45) is -0.465. The van der Waals surface area contributed by atoms with E-state index in [1.165, 1.54) is 89.0 Å². The fourth-order valence-corrected chi connectivity index (χ4v) is 11.7. The predicted octanol–water partition coefficient (Wildman–Crippen LogP) is 16.0. The molecule has 1 unspecified atom stereocenters. The largest absolute Gasteiger partial charge is 0.438 e. The van der Waals surface area contributed by atoms with Crippen LogP contribution in [0.25, 0.3) is 99.9 Å². The zero-order chi connectivity index (χ0) is 39.3. The lowest BCUT2D eigenvalue weighted by atomic mass is 9.90. The van der Waals surface area contributed by atoms with Gasteiger partial charge >= 0.3 is 0 Å². The number of rotatable bonds is 4. The van der Waals surface area contributed by atoms with Crippen molar-refractivity contribution in [2.75, 3.05) is 0 Å². The van der Waals surface area contributed by atoms with E-state index in [1.54, 1.807) is 0 Å². The molecule has 60 heavy (non-hydrogen) atoms. The topological polar surface area (TPSA) is 38.8 Å². The molecule has 0 aliphatic carbocycles. The van der Waals surface area contributed by atoms with Gasteiger partial charge in [0, 0.05) is 45.9 Å². The summed E-state index contributed by atoms with van der Waals surface area (Å²) in [6.45, 7) is 0. The highest BCUT2D eigenvalue weighted by atomic mass is 32.1. The third kappa shape index (κ3) is 5.26. The first-order valence-corrected chi connectivity index (χ1v) is 21.9. The number of benzene rings is 10. The van der Waals surface area contributed by atoms with Gasteiger partial charge in [-0.05, 0) is 120 Å². The molecule has 12 aromatic rings. The molecule has 0 saturated heterocycles. The molecule has 0 fully saturated rings. The van der Waals surface area contributed by atoms with Crippen LogP contribution in [0.2, 0.25) is 0 Å². The highest BCUT2D eigenvalue weighted by Crippen LogP contribution is 2.46. The van der Waals surface area contributed by atoms with E-state index in [-0.39, 0.29) is 0 Å². The summed E-state index contributed by atoms with van der Waals surface area (Å²) in [5.41, 5.74) is 5.41. The van der Waals surface area contributed by atoms with E-state index < -0.39 is 6.17 Å². The molecule has 1 aliphatic heterocycles. The Hall–Kier alpha value is -7.18. The van der Waals surface area contributed by atoms with Gasteiger partial charge in [-0.1, -0.05) is 139 Å². The summed E-state index contributed by atoms with van der Waals surface area (Å²) in [5.74, 6) is 1.40. The van der Waals surface area contributed by atoms with E-state index in [0.29, 0.717) is 11.7 Å². The van der Waals surface area contributed by atoms with Crippen LogP contribution in [0.15, 0.2) is 198 Å². The van der Waals surface area contributed by atoms with Gasteiger partial charge < -0.3 is 10.3 Å². The molecule has 0 N–H and O–H groups in total. The van der Waals surface area contributed by atoms with Crippen LogP contribution in [0, 0.1) is 0 Å². The Labute approximate surface area is 353 Å². The van der Waals surface area contributed by atoms with Crippen LogP contribution in [0.1, 0.15) is 22.9 Å². The highest BCUT2D eigenvalue weighted by Gasteiger charge is 2.21. The lowest BCUT2D eigenvalue weighted by Gasteiger charge is -2.33. The molecule has 0 amide bonds. The average Bonchev–Trinajstić information content (AvgIpc) is 3.87. The standard InChI is InChI=1S/C55H32N3S2/c1-2-13-32(14-3-1)53-56-54(42-22-12-24-48-51(42)41-21-10-11-23-47(41)59-48)58-55(57-53)46-29-38(31-50-52(46)45-27-35-17-6-7-18-36(35)30-49(45)60-50)44-28-37-25-33-15-4-5-16-34(33)26-43(37)39-19-8-9-20-40(39)44/h1-31,53H/q-1. The minimum atomic E-state index is -0.465. The maximum atomic E-state index is 5.52. The van der Waals surface area contributed by atoms with Gasteiger partial charge in [0.1, 0.15) is 0 Å². The average molecular weight is 799 g/mol. The predicted molar refractivity (Wildman–Crippen MR) is 260 cm³/mol. The van der Waals surface area contributed by atoms with Gasteiger partial charge in [-0.3, -0.25) is 4.99 Å². The lowest BCUT2D eigenvalue weighted by molar-refractivity contribution is 0.878. The fraction of sp³-hybridized carbons (Fsp3) is 0.0182. The minimum Gasteiger partial charge on any atom is -0.438 e. The van der Waals surface area contributed by atoms with E-state index >= 15 is 0 Å². The van der Waals surface area contributed by atoms with Crippen molar-refractivity contribution in [1.82, 2.24) is 0 Å². The Kier molecular flexibility index (Phi) is 7.41. The van der Waals surface area contributed by atoms with Crippen LogP contribution in [0.4, 0.5) is 0 Å². The van der Waals surface area contributed by atoms with Crippen molar-refractivity contribution in [2.24, 2.45) is 9.98 Å². The molecule has 10 aromatic carbocycles. The van der Waals surface area contributed by atoms with Crippen molar-refractivity contribution in [2.45, 2.75) is 6.17 Å². The van der Waals surface area contributed by atoms with Crippen molar-refractivity contribution in [1.29, 1.82) is 0 Å². The first kappa shape index (κ1) is 33.8. The van der Waals surface area contributed by atoms with E-state index in [4.69, 9.17) is 15.3 Å². The minimum absolute atomic E-state index is 0.465. The van der Waals surface area contributed by atoms with Gasteiger partial charge in [0.15, 0.2) is 0 Å². The van der Waals surface area contributed by atoms with Crippen molar-refractivity contribution in [3.05, 3.63) is 210 Å². The van der Waals surface area contributed by atoms with Crippen LogP contribution in [0.3, 0.4) is 0 Å². The Morgan fingerprint density at radius 2 is 1.02 bits per heavy atom. The van der Waals surface area contributed by atoms with Crippen molar-refractivity contribution < 1.29 is 0 Å². The summed E-state index contributed by atoms with van der Waals surface area (Å²) in [4.78, 5) is 10.9. The normalized spacial score (nSPS) is 14.5. The van der Waals surface area contributed by atoms with Crippen molar-refractivity contribution in [3.8, 4) is 11.1 Å². The van der Waals surface area contributed by atoms with Crippen LogP contribution < -0.4 is 0 Å². The molecule has 3 nitrogen and oxygen atoms in total. The fourth-order valence-electron chi connectivity index (χ4n) is 9.37. The van der Waals surface area contributed by atoms with E-state index in [1.807, 2.05) is 22.7 Å². The number of nitrogens with zero attached hydrogens (tertiary/aromatic N) is 3. The number of amidine groups is 2. The Morgan fingerprint density at radius 3 is 1.83 bits per heavy atom. The Bertz CT molecular complexity index is 3820. The first-order chi connectivity index (χ1) is 29.7. The lowest BCUT2D eigenvalue weighted by Crippen LogP contribution is -2.16. The molecule has 280 valence electrons. The van der Waals surface area contributed by atoms with Crippen LogP contribution in [-0.4, -0.2) is 11.7 Å². The summed E-state index contributed by atoms with van der Waals surface area (Å²) in [6, 6.07) is 68.3. The van der Waals surface area contributed by atoms with Gasteiger partial charge in [-0.2, -0.15) is 0 Å². The maximum absolute atomic E-state index is 5.52. The molecule has 0 radical (unpaired) electrons. The zero-order valence-electron chi connectivity index (χ0n) is 32.1. The highest BCUT2D eigenvalue weighted by molar-refractivity contribution is 7.26. The van der Waals surface area contributed by atoms with Gasteiger partial charge in [-0.15, -0.1) is 22.7 Å². The second-order valence-corrected chi connectivity index (χ2v) is 17.8. The van der Waals surface area contributed by atoms with Gasteiger partial charge in [0.05, 0.1) is 12.0 Å². The summed E-state index contributed by atoms with van der Waals surface area (Å²) >= 11 is 3.66. The Balaban J connectivity index is 1.11. The molecule has 3 heterocycles. The third-order valence-electron chi connectivity index (χ3n) is 12.2. The zero-order valence-corrected chi connectivity index (χ0v) is 33.8. The smallest absolute Gasteiger partial charge is 0.0822 e. The van der Waals surface area contributed by atoms with Gasteiger partial charge in [-0.25, -0.2) is 0 Å². The van der Waals surface area contributed by atoms with Gasteiger partial charge in [0.25, 0.3) is 0 Å². The molecule has 0 bridgehead atoms. The number of fused-ring (bicyclic) bond motifs is 11.